The molecular weight excluding hydrogens is 387 g/mol. The summed E-state index contributed by atoms with van der Waals surface area (Å²) in [6.07, 6.45) is -1.06. The highest BCUT2D eigenvalue weighted by molar-refractivity contribution is 7.89. The van der Waals surface area contributed by atoms with E-state index >= 15 is 0 Å². The topological polar surface area (TPSA) is 92.8 Å². The van der Waals surface area contributed by atoms with Crippen molar-refractivity contribution in [3.63, 3.8) is 0 Å². The standard InChI is InChI=1S/C19H21FN2O5S/c1-13(18(23)22(3)12-14-5-4-6-16(20)11-14)27-19(24)15-7-9-17(10-8-15)28(25,26)21-2/h4-11,13,21H,12H2,1-3H3. The second-order valence-electron chi connectivity index (χ2n) is 6.10. The maximum Gasteiger partial charge on any atom is 0.338 e. The van der Waals surface area contributed by atoms with Crippen molar-refractivity contribution in [2.24, 2.45) is 0 Å². The normalized spacial score (nSPS) is 12.3. The van der Waals surface area contributed by atoms with Gasteiger partial charge in [0.1, 0.15) is 5.82 Å². The highest BCUT2D eigenvalue weighted by atomic mass is 32.2. The SMILES string of the molecule is CNS(=O)(=O)c1ccc(C(=O)OC(C)C(=O)N(C)Cc2cccc(F)c2)cc1. The minimum absolute atomic E-state index is 0.00509. The van der Waals surface area contributed by atoms with Crippen LogP contribution in [0.4, 0.5) is 4.39 Å². The Morgan fingerprint density at radius 1 is 1.18 bits per heavy atom. The lowest BCUT2D eigenvalue weighted by atomic mass is 10.2. The Balaban J connectivity index is 2.00. The van der Waals surface area contributed by atoms with E-state index in [0.29, 0.717) is 5.56 Å². The van der Waals surface area contributed by atoms with Crippen LogP contribution in [0.2, 0.25) is 0 Å². The molecule has 0 spiro atoms. The Labute approximate surface area is 163 Å². The molecule has 2 rings (SSSR count). The molecule has 0 saturated heterocycles. The first-order valence-corrected chi connectivity index (χ1v) is 9.86. The number of esters is 1. The van der Waals surface area contributed by atoms with Crippen LogP contribution < -0.4 is 4.72 Å². The molecule has 1 atom stereocenters. The average Bonchev–Trinajstić information content (AvgIpc) is 2.67. The Morgan fingerprint density at radius 2 is 1.82 bits per heavy atom. The van der Waals surface area contributed by atoms with Gasteiger partial charge >= 0.3 is 5.97 Å². The summed E-state index contributed by atoms with van der Waals surface area (Å²) < 4.78 is 44.0. The number of nitrogens with one attached hydrogen (secondary N) is 1. The average molecular weight is 408 g/mol. The third-order valence-corrected chi connectivity index (χ3v) is 5.42. The molecule has 28 heavy (non-hydrogen) atoms. The lowest BCUT2D eigenvalue weighted by molar-refractivity contribution is -0.139. The van der Waals surface area contributed by atoms with Crippen LogP contribution in [0.5, 0.6) is 0 Å². The van der Waals surface area contributed by atoms with E-state index in [1.807, 2.05) is 0 Å². The zero-order chi connectivity index (χ0) is 20.9. The fourth-order valence-electron chi connectivity index (χ4n) is 2.46. The van der Waals surface area contributed by atoms with Gasteiger partial charge in [-0.25, -0.2) is 22.3 Å². The molecule has 2 aromatic carbocycles. The molecule has 2 aromatic rings. The summed E-state index contributed by atoms with van der Waals surface area (Å²) in [5.41, 5.74) is 0.721. The first-order chi connectivity index (χ1) is 13.1. The van der Waals surface area contributed by atoms with Gasteiger partial charge in [-0.15, -0.1) is 0 Å². The zero-order valence-corrected chi connectivity index (χ0v) is 16.5. The van der Waals surface area contributed by atoms with Gasteiger partial charge in [-0.1, -0.05) is 12.1 Å². The Kier molecular flexibility index (Phi) is 6.87. The number of carbonyl (C=O) groups is 2. The molecule has 0 bridgehead atoms. The van der Waals surface area contributed by atoms with Gasteiger partial charge in [-0.2, -0.15) is 0 Å². The molecular formula is C19H21FN2O5S. The van der Waals surface area contributed by atoms with Gasteiger partial charge in [-0.3, -0.25) is 4.79 Å². The second kappa shape index (κ2) is 8.94. The minimum Gasteiger partial charge on any atom is -0.449 e. The molecule has 1 amide bonds. The van der Waals surface area contributed by atoms with Crippen LogP contribution in [-0.4, -0.2) is 45.4 Å². The van der Waals surface area contributed by atoms with Crippen molar-refractivity contribution < 1.29 is 27.1 Å². The van der Waals surface area contributed by atoms with Gasteiger partial charge in [0.2, 0.25) is 10.0 Å². The molecule has 1 unspecified atom stereocenters. The smallest absolute Gasteiger partial charge is 0.338 e. The third kappa shape index (κ3) is 5.37. The minimum atomic E-state index is -3.61. The zero-order valence-electron chi connectivity index (χ0n) is 15.7. The summed E-state index contributed by atoms with van der Waals surface area (Å²) in [6, 6.07) is 11.0. The monoisotopic (exact) mass is 408 g/mol. The van der Waals surface area contributed by atoms with Crippen LogP contribution in [0, 0.1) is 5.82 Å². The van der Waals surface area contributed by atoms with Gasteiger partial charge < -0.3 is 9.64 Å². The van der Waals surface area contributed by atoms with E-state index in [1.165, 1.54) is 62.3 Å². The molecule has 0 aromatic heterocycles. The fraction of sp³-hybridized carbons (Fsp3) is 0.263. The van der Waals surface area contributed by atoms with E-state index in [-0.39, 0.29) is 17.0 Å². The number of benzene rings is 2. The molecule has 1 N–H and O–H groups in total. The molecule has 150 valence electrons. The van der Waals surface area contributed by atoms with Crippen molar-refractivity contribution in [2.75, 3.05) is 14.1 Å². The van der Waals surface area contributed by atoms with Gasteiger partial charge in [-0.05, 0) is 55.9 Å². The number of likely N-dealkylation sites (N-methyl/N-ethyl adjacent to an activating group) is 1. The molecule has 0 saturated carbocycles. The molecule has 7 nitrogen and oxygen atoms in total. The predicted octanol–water partition coefficient (Wildman–Crippen LogP) is 1.94. The fourth-order valence-corrected chi connectivity index (χ4v) is 3.19. The highest BCUT2D eigenvalue weighted by Gasteiger charge is 2.23. The van der Waals surface area contributed by atoms with Crippen molar-refractivity contribution in [1.82, 2.24) is 9.62 Å². The first kappa shape index (κ1) is 21.5. The van der Waals surface area contributed by atoms with Crippen molar-refractivity contribution in [3.8, 4) is 0 Å². The number of rotatable bonds is 7. The molecule has 0 fully saturated rings. The summed E-state index contributed by atoms with van der Waals surface area (Å²) in [7, 11) is -0.805. The Morgan fingerprint density at radius 3 is 2.39 bits per heavy atom. The number of nitrogens with zero attached hydrogens (tertiary/aromatic N) is 1. The summed E-state index contributed by atoms with van der Waals surface area (Å²) in [4.78, 5) is 25.9. The third-order valence-electron chi connectivity index (χ3n) is 3.99. The van der Waals surface area contributed by atoms with E-state index in [2.05, 4.69) is 4.72 Å². The van der Waals surface area contributed by atoms with Crippen molar-refractivity contribution >= 4 is 21.9 Å². The van der Waals surface area contributed by atoms with Gasteiger partial charge in [0.05, 0.1) is 10.5 Å². The molecule has 9 heteroatoms. The number of hydrogen-bond donors (Lipinski definition) is 1. The molecule has 0 heterocycles. The lowest BCUT2D eigenvalue weighted by Crippen LogP contribution is -2.37. The summed E-state index contributed by atoms with van der Waals surface area (Å²) in [5, 5.41) is 0. The highest BCUT2D eigenvalue weighted by Crippen LogP contribution is 2.13. The van der Waals surface area contributed by atoms with Crippen LogP contribution in [0.25, 0.3) is 0 Å². The number of hydrogen-bond acceptors (Lipinski definition) is 5. The van der Waals surface area contributed by atoms with E-state index in [0.717, 1.165) is 0 Å². The molecule has 0 aliphatic carbocycles. The largest absolute Gasteiger partial charge is 0.449 e. The van der Waals surface area contributed by atoms with E-state index in [1.54, 1.807) is 12.1 Å². The van der Waals surface area contributed by atoms with Crippen LogP contribution in [0.3, 0.4) is 0 Å². The van der Waals surface area contributed by atoms with E-state index in [9.17, 15) is 22.4 Å². The number of ether oxygens (including phenoxy) is 1. The number of carbonyl (C=O) groups excluding carboxylic acids is 2. The maximum absolute atomic E-state index is 13.2. The Hall–Kier alpha value is -2.78. The summed E-state index contributed by atoms with van der Waals surface area (Å²) in [5.74, 6) is -1.61. The van der Waals surface area contributed by atoms with Gasteiger partial charge in [0.25, 0.3) is 5.91 Å². The lowest BCUT2D eigenvalue weighted by Gasteiger charge is -2.21. The van der Waals surface area contributed by atoms with Crippen LogP contribution in [0.15, 0.2) is 53.4 Å². The molecule has 0 aliphatic rings. The van der Waals surface area contributed by atoms with Crippen molar-refractivity contribution in [2.45, 2.75) is 24.5 Å². The maximum atomic E-state index is 13.2. The molecule has 0 aliphatic heterocycles. The van der Waals surface area contributed by atoms with Crippen LogP contribution >= 0.6 is 0 Å². The first-order valence-electron chi connectivity index (χ1n) is 8.38. The van der Waals surface area contributed by atoms with Crippen molar-refractivity contribution in [1.29, 1.82) is 0 Å². The second-order valence-corrected chi connectivity index (χ2v) is 7.99. The van der Waals surface area contributed by atoms with E-state index < -0.39 is 33.8 Å². The number of amides is 1. The van der Waals surface area contributed by atoms with Crippen LogP contribution in [-0.2, 0) is 26.1 Å². The Bertz CT molecular complexity index is 961. The number of halogens is 1. The summed E-state index contributed by atoms with van der Waals surface area (Å²) >= 11 is 0. The molecule has 0 radical (unpaired) electrons. The predicted molar refractivity (Wildman–Crippen MR) is 100 cm³/mol. The summed E-state index contributed by atoms with van der Waals surface area (Å²) in [6.45, 7) is 1.59. The number of sulfonamides is 1. The van der Waals surface area contributed by atoms with Crippen molar-refractivity contribution in [3.05, 3.63) is 65.5 Å². The van der Waals surface area contributed by atoms with E-state index in [4.69, 9.17) is 4.74 Å². The van der Waals surface area contributed by atoms with Gasteiger partial charge in [0.15, 0.2) is 6.10 Å². The quantitative estimate of drug-likeness (QED) is 0.707. The van der Waals surface area contributed by atoms with Crippen LogP contribution in [0.1, 0.15) is 22.8 Å². The van der Waals surface area contributed by atoms with Gasteiger partial charge in [0, 0.05) is 13.6 Å².